The normalized spacial score (nSPS) is 11.8. The second-order valence-electron chi connectivity index (χ2n) is 4.16. The van der Waals surface area contributed by atoms with Crippen LogP contribution < -0.4 is 5.73 Å². The van der Waals surface area contributed by atoms with Crippen LogP contribution in [0.25, 0.3) is 11.4 Å². The molecule has 0 spiro atoms. The van der Waals surface area contributed by atoms with Crippen LogP contribution in [0, 0.1) is 5.82 Å². The molecule has 0 saturated heterocycles. The van der Waals surface area contributed by atoms with Crippen LogP contribution in [0.3, 0.4) is 0 Å². The van der Waals surface area contributed by atoms with E-state index < -0.39 is 5.54 Å². The minimum absolute atomic E-state index is 0.326. The zero-order chi connectivity index (χ0) is 11.8. The van der Waals surface area contributed by atoms with Crippen molar-refractivity contribution >= 4 is 0 Å². The van der Waals surface area contributed by atoms with E-state index in [1.807, 2.05) is 0 Å². The summed E-state index contributed by atoms with van der Waals surface area (Å²) in [6.45, 7) is 3.52. The number of halogens is 1. The Morgan fingerprint density at radius 1 is 1.38 bits per heavy atom. The lowest BCUT2D eigenvalue weighted by molar-refractivity contribution is 0.312. The maximum Gasteiger partial charge on any atom is 0.246 e. The largest absolute Gasteiger partial charge is 0.337 e. The molecule has 5 heteroatoms. The Morgan fingerprint density at radius 2 is 2.12 bits per heavy atom. The molecule has 0 unspecified atom stereocenters. The Labute approximate surface area is 92.3 Å². The average Bonchev–Trinajstić information content (AvgIpc) is 2.65. The minimum atomic E-state index is -0.696. The molecule has 2 aromatic rings. The van der Waals surface area contributed by atoms with Crippen molar-refractivity contribution < 1.29 is 8.91 Å². The molecule has 1 aromatic heterocycles. The molecule has 2 N–H and O–H groups in total. The highest BCUT2D eigenvalue weighted by atomic mass is 19.1. The Kier molecular flexibility index (Phi) is 2.47. The summed E-state index contributed by atoms with van der Waals surface area (Å²) < 4.78 is 18.0. The van der Waals surface area contributed by atoms with Crippen molar-refractivity contribution in [2.75, 3.05) is 0 Å². The minimum Gasteiger partial charge on any atom is -0.337 e. The Morgan fingerprint density at radius 3 is 2.69 bits per heavy atom. The van der Waals surface area contributed by atoms with Gasteiger partial charge in [-0.05, 0) is 26.0 Å². The SMILES string of the molecule is CC(C)(N)c1nc(-c2cccc(F)c2)no1. The fourth-order valence-electron chi connectivity index (χ4n) is 1.23. The highest BCUT2D eigenvalue weighted by molar-refractivity contribution is 5.53. The lowest BCUT2D eigenvalue weighted by Crippen LogP contribution is -2.28. The number of benzene rings is 1. The van der Waals surface area contributed by atoms with E-state index in [4.69, 9.17) is 10.3 Å². The van der Waals surface area contributed by atoms with E-state index in [0.717, 1.165) is 0 Å². The zero-order valence-corrected chi connectivity index (χ0v) is 9.07. The lowest BCUT2D eigenvalue weighted by atomic mass is 10.1. The molecule has 16 heavy (non-hydrogen) atoms. The number of hydrogen-bond donors (Lipinski definition) is 1. The number of nitrogens with zero attached hydrogens (tertiary/aromatic N) is 2. The first kappa shape index (κ1) is 10.8. The molecular weight excluding hydrogens is 209 g/mol. The van der Waals surface area contributed by atoms with E-state index in [1.165, 1.54) is 12.1 Å². The third kappa shape index (κ3) is 2.09. The number of nitrogens with two attached hydrogens (primary N) is 1. The monoisotopic (exact) mass is 221 g/mol. The molecule has 0 saturated carbocycles. The van der Waals surface area contributed by atoms with Crippen molar-refractivity contribution in [2.24, 2.45) is 5.73 Å². The highest BCUT2D eigenvalue weighted by Crippen LogP contribution is 2.20. The van der Waals surface area contributed by atoms with E-state index in [0.29, 0.717) is 17.3 Å². The zero-order valence-electron chi connectivity index (χ0n) is 9.07. The van der Waals surface area contributed by atoms with Crippen molar-refractivity contribution in [3.05, 3.63) is 36.0 Å². The van der Waals surface area contributed by atoms with Gasteiger partial charge in [0.1, 0.15) is 5.82 Å². The standard InChI is InChI=1S/C11H12FN3O/c1-11(2,13)10-14-9(15-16-10)7-4-3-5-8(12)6-7/h3-6H,13H2,1-2H3. The van der Waals surface area contributed by atoms with E-state index in [2.05, 4.69) is 10.1 Å². The molecule has 0 bridgehead atoms. The molecule has 1 aromatic carbocycles. The number of hydrogen-bond acceptors (Lipinski definition) is 4. The lowest BCUT2D eigenvalue weighted by Gasteiger charge is -2.10. The summed E-state index contributed by atoms with van der Waals surface area (Å²) in [5.41, 5.74) is 5.68. The van der Waals surface area contributed by atoms with E-state index >= 15 is 0 Å². The molecule has 0 aliphatic heterocycles. The highest BCUT2D eigenvalue weighted by Gasteiger charge is 2.22. The molecule has 1 heterocycles. The first-order chi connectivity index (χ1) is 7.47. The van der Waals surface area contributed by atoms with Crippen molar-refractivity contribution in [1.82, 2.24) is 10.1 Å². The quantitative estimate of drug-likeness (QED) is 0.843. The summed E-state index contributed by atoms with van der Waals surface area (Å²) >= 11 is 0. The van der Waals surface area contributed by atoms with Crippen molar-refractivity contribution in [3.8, 4) is 11.4 Å². The molecule has 0 amide bonds. The van der Waals surface area contributed by atoms with E-state index in [9.17, 15) is 4.39 Å². The summed E-state index contributed by atoms with van der Waals surface area (Å²) in [6, 6.07) is 6.00. The average molecular weight is 221 g/mol. The van der Waals surface area contributed by atoms with Gasteiger partial charge >= 0.3 is 0 Å². The van der Waals surface area contributed by atoms with Gasteiger partial charge in [0.2, 0.25) is 11.7 Å². The second kappa shape index (κ2) is 3.68. The first-order valence-electron chi connectivity index (χ1n) is 4.86. The van der Waals surface area contributed by atoms with Gasteiger partial charge in [-0.25, -0.2) is 4.39 Å². The van der Waals surface area contributed by atoms with Crippen LogP contribution in [-0.2, 0) is 5.54 Å². The molecule has 4 nitrogen and oxygen atoms in total. The summed E-state index contributed by atoms with van der Waals surface area (Å²) in [5, 5.41) is 3.76. The van der Waals surface area contributed by atoms with Crippen molar-refractivity contribution in [2.45, 2.75) is 19.4 Å². The summed E-state index contributed by atoms with van der Waals surface area (Å²) in [5.74, 6) is 0.329. The fourth-order valence-corrected chi connectivity index (χ4v) is 1.23. The summed E-state index contributed by atoms with van der Waals surface area (Å²) in [4.78, 5) is 4.12. The van der Waals surface area contributed by atoms with Crippen LogP contribution in [0.15, 0.2) is 28.8 Å². The Hall–Kier alpha value is -1.75. The van der Waals surface area contributed by atoms with Crippen LogP contribution in [0.2, 0.25) is 0 Å². The van der Waals surface area contributed by atoms with Gasteiger partial charge in [-0.15, -0.1) is 0 Å². The van der Waals surface area contributed by atoms with Gasteiger partial charge in [-0.3, -0.25) is 0 Å². The van der Waals surface area contributed by atoms with Crippen molar-refractivity contribution in [3.63, 3.8) is 0 Å². The number of aromatic nitrogens is 2. The molecule has 0 aliphatic rings. The summed E-state index contributed by atoms with van der Waals surface area (Å²) in [7, 11) is 0. The maximum atomic E-state index is 13.0. The van der Waals surface area contributed by atoms with E-state index in [1.54, 1.807) is 26.0 Å². The van der Waals surface area contributed by atoms with E-state index in [-0.39, 0.29) is 5.82 Å². The third-order valence-electron chi connectivity index (χ3n) is 2.06. The second-order valence-corrected chi connectivity index (χ2v) is 4.16. The Bertz CT molecular complexity index is 502. The molecule has 0 fully saturated rings. The molecule has 0 atom stereocenters. The summed E-state index contributed by atoms with van der Waals surface area (Å²) in [6.07, 6.45) is 0. The van der Waals surface area contributed by atoms with Crippen LogP contribution in [0.1, 0.15) is 19.7 Å². The predicted octanol–water partition coefficient (Wildman–Crippen LogP) is 2.07. The van der Waals surface area contributed by atoms with Crippen LogP contribution >= 0.6 is 0 Å². The van der Waals surface area contributed by atoms with Gasteiger partial charge in [-0.1, -0.05) is 17.3 Å². The van der Waals surface area contributed by atoms with Crippen molar-refractivity contribution in [1.29, 1.82) is 0 Å². The van der Waals surface area contributed by atoms with Gasteiger partial charge in [0.05, 0.1) is 5.54 Å². The van der Waals surface area contributed by atoms with Crippen LogP contribution in [0.4, 0.5) is 4.39 Å². The predicted molar refractivity (Wildman–Crippen MR) is 56.9 cm³/mol. The topological polar surface area (TPSA) is 64.9 Å². The Balaban J connectivity index is 2.39. The first-order valence-corrected chi connectivity index (χ1v) is 4.86. The number of rotatable bonds is 2. The molecular formula is C11H12FN3O. The molecule has 84 valence electrons. The van der Waals surface area contributed by atoms with Gasteiger partial charge in [0.25, 0.3) is 0 Å². The van der Waals surface area contributed by atoms with Gasteiger partial charge < -0.3 is 10.3 Å². The molecule has 2 rings (SSSR count). The van der Waals surface area contributed by atoms with Gasteiger partial charge in [-0.2, -0.15) is 4.98 Å². The van der Waals surface area contributed by atoms with Gasteiger partial charge in [0.15, 0.2) is 0 Å². The van der Waals surface area contributed by atoms with Gasteiger partial charge in [0, 0.05) is 5.56 Å². The maximum absolute atomic E-state index is 13.0. The smallest absolute Gasteiger partial charge is 0.246 e. The third-order valence-corrected chi connectivity index (χ3v) is 2.06. The fraction of sp³-hybridized carbons (Fsp3) is 0.273. The van der Waals surface area contributed by atoms with Crippen LogP contribution in [-0.4, -0.2) is 10.1 Å². The van der Waals surface area contributed by atoms with Crippen LogP contribution in [0.5, 0.6) is 0 Å². The molecule has 0 aliphatic carbocycles. The molecule has 0 radical (unpaired) electrons.